The average Bonchev–Trinajstić information content (AvgIpc) is 2.78. The van der Waals surface area contributed by atoms with E-state index in [9.17, 15) is 0 Å². The van der Waals surface area contributed by atoms with Crippen molar-refractivity contribution in [3.63, 3.8) is 0 Å². The van der Waals surface area contributed by atoms with Gasteiger partial charge in [0.2, 0.25) is 0 Å². The van der Waals surface area contributed by atoms with E-state index in [1.165, 1.54) is 27.1 Å². The molecule has 0 spiro atoms. The van der Waals surface area contributed by atoms with E-state index in [4.69, 9.17) is 10.5 Å². The van der Waals surface area contributed by atoms with Gasteiger partial charge in [0, 0.05) is 17.5 Å². The van der Waals surface area contributed by atoms with Crippen molar-refractivity contribution in [1.29, 1.82) is 0 Å². The maximum absolute atomic E-state index is 6.17. The van der Waals surface area contributed by atoms with Crippen LogP contribution in [-0.4, -0.2) is 12.7 Å². The fraction of sp³-hybridized carbons (Fsp3) is 0.636. The van der Waals surface area contributed by atoms with Crippen molar-refractivity contribution < 1.29 is 4.74 Å². The number of hydrogen-bond donors (Lipinski definition) is 1. The molecule has 0 saturated carbocycles. The normalized spacial score (nSPS) is 23.3. The van der Waals surface area contributed by atoms with Gasteiger partial charge < -0.3 is 10.5 Å². The lowest BCUT2D eigenvalue weighted by atomic mass is 10.1. The van der Waals surface area contributed by atoms with Crippen LogP contribution in [0.1, 0.15) is 35.7 Å². The van der Waals surface area contributed by atoms with Crippen molar-refractivity contribution in [1.82, 2.24) is 0 Å². The van der Waals surface area contributed by atoms with Crippen molar-refractivity contribution in [3.05, 3.63) is 20.3 Å². The van der Waals surface area contributed by atoms with Crippen molar-refractivity contribution in [3.8, 4) is 0 Å². The Morgan fingerprint density at radius 1 is 1.73 bits per heavy atom. The molecule has 2 N–H and O–H groups in total. The lowest BCUT2D eigenvalue weighted by Gasteiger charge is -2.14. The van der Waals surface area contributed by atoms with Gasteiger partial charge in [0.05, 0.1) is 9.89 Å². The Kier molecular flexibility index (Phi) is 3.83. The van der Waals surface area contributed by atoms with Gasteiger partial charge >= 0.3 is 0 Å². The van der Waals surface area contributed by atoms with Crippen molar-refractivity contribution >= 4 is 27.3 Å². The molecule has 1 aromatic rings. The minimum atomic E-state index is 0.128. The molecule has 0 radical (unpaired) electrons. The Balaban J connectivity index is 1.97. The Morgan fingerprint density at radius 2 is 2.53 bits per heavy atom. The second-order valence-electron chi connectivity index (χ2n) is 4.08. The van der Waals surface area contributed by atoms with Gasteiger partial charge in [0.1, 0.15) is 0 Å². The fourth-order valence-corrected chi connectivity index (χ4v) is 3.48. The average molecular weight is 290 g/mol. The quantitative estimate of drug-likeness (QED) is 0.926. The molecule has 4 heteroatoms. The molecule has 1 aliphatic heterocycles. The molecule has 1 aliphatic rings. The first-order chi connectivity index (χ1) is 7.16. The summed E-state index contributed by atoms with van der Waals surface area (Å²) in [6.45, 7) is 3.01. The molecule has 0 aliphatic carbocycles. The predicted molar refractivity (Wildman–Crippen MR) is 67.3 cm³/mol. The van der Waals surface area contributed by atoms with E-state index < -0.39 is 0 Å². The molecule has 1 fully saturated rings. The van der Waals surface area contributed by atoms with Crippen molar-refractivity contribution in [2.45, 2.75) is 38.3 Å². The third-order valence-electron chi connectivity index (χ3n) is 2.78. The highest BCUT2D eigenvalue weighted by Gasteiger charge is 2.20. The second-order valence-corrected chi connectivity index (χ2v) is 6.48. The van der Waals surface area contributed by atoms with Crippen LogP contribution >= 0.6 is 27.3 Å². The molecular weight excluding hydrogens is 274 g/mol. The van der Waals surface area contributed by atoms with E-state index in [1.54, 1.807) is 11.3 Å². The number of nitrogens with two attached hydrogens (primary N) is 1. The van der Waals surface area contributed by atoms with E-state index in [0.29, 0.717) is 6.10 Å². The lowest BCUT2D eigenvalue weighted by Crippen LogP contribution is -2.17. The SMILES string of the molecule is Cc1cc(C(N)CC2CCCO2)sc1Br. The minimum Gasteiger partial charge on any atom is -0.378 e. The summed E-state index contributed by atoms with van der Waals surface area (Å²) in [6.07, 6.45) is 3.68. The van der Waals surface area contributed by atoms with Crippen LogP contribution in [0.2, 0.25) is 0 Å². The van der Waals surface area contributed by atoms with Crippen molar-refractivity contribution in [2.75, 3.05) is 6.61 Å². The second kappa shape index (κ2) is 4.95. The number of aryl methyl sites for hydroxylation is 1. The molecule has 0 bridgehead atoms. The monoisotopic (exact) mass is 289 g/mol. The smallest absolute Gasteiger partial charge is 0.0731 e. The summed E-state index contributed by atoms with van der Waals surface area (Å²) in [5, 5.41) is 0. The maximum atomic E-state index is 6.17. The molecule has 84 valence electrons. The Hall–Kier alpha value is 0.100. The van der Waals surface area contributed by atoms with Crippen LogP contribution in [-0.2, 0) is 4.74 Å². The fourth-order valence-electron chi connectivity index (χ4n) is 1.90. The number of thiophene rings is 1. The Labute approximate surface area is 103 Å². The summed E-state index contributed by atoms with van der Waals surface area (Å²) < 4.78 is 6.79. The minimum absolute atomic E-state index is 0.128. The molecule has 2 rings (SSSR count). The summed E-state index contributed by atoms with van der Waals surface area (Å²) in [5.74, 6) is 0. The third kappa shape index (κ3) is 2.81. The maximum Gasteiger partial charge on any atom is 0.0731 e. The van der Waals surface area contributed by atoms with Crippen LogP contribution in [0.15, 0.2) is 9.85 Å². The summed E-state index contributed by atoms with van der Waals surface area (Å²) >= 11 is 5.27. The molecule has 2 heterocycles. The first-order valence-electron chi connectivity index (χ1n) is 5.30. The Morgan fingerprint density at radius 3 is 3.07 bits per heavy atom. The number of ether oxygens (including phenoxy) is 1. The van der Waals surface area contributed by atoms with Gasteiger partial charge in [-0.25, -0.2) is 0 Å². The zero-order valence-corrected chi connectivity index (χ0v) is 11.2. The van der Waals surface area contributed by atoms with E-state index >= 15 is 0 Å². The molecule has 2 unspecified atom stereocenters. The van der Waals surface area contributed by atoms with E-state index in [0.717, 1.165) is 13.0 Å². The molecule has 15 heavy (non-hydrogen) atoms. The van der Waals surface area contributed by atoms with Crippen LogP contribution in [0.4, 0.5) is 0 Å². The summed E-state index contributed by atoms with van der Waals surface area (Å²) in [7, 11) is 0. The highest BCUT2D eigenvalue weighted by Crippen LogP contribution is 2.33. The van der Waals surface area contributed by atoms with Gasteiger partial charge in [-0.2, -0.15) is 0 Å². The number of hydrogen-bond acceptors (Lipinski definition) is 3. The van der Waals surface area contributed by atoms with Gasteiger partial charge in [0.15, 0.2) is 0 Å². The summed E-state index contributed by atoms with van der Waals surface area (Å²) in [5.41, 5.74) is 7.44. The molecule has 2 nitrogen and oxygen atoms in total. The van der Waals surface area contributed by atoms with Gasteiger partial charge in [-0.05, 0) is 53.7 Å². The predicted octanol–water partition coefficient (Wildman–Crippen LogP) is 3.39. The summed E-state index contributed by atoms with van der Waals surface area (Å²) in [6, 6.07) is 2.30. The molecular formula is C11H16BrNOS. The van der Waals surface area contributed by atoms with Crippen LogP contribution in [0.3, 0.4) is 0 Å². The van der Waals surface area contributed by atoms with Crippen LogP contribution in [0, 0.1) is 6.92 Å². The molecule has 2 atom stereocenters. The number of halogens is 1. The largest absolute Gasteiger partial charge is 0.378 e. The van der Waals surface area contributed by atoms with Crippen LogP contribution in [0.5, 0.6) is 0 Å². The highest BCUT2D eigenvalue weighted by atomic mass is 79.9. The first kappa shape index (κ1) is 11.6. The van der Waals surface area contributed by atoms with E-state index in [2.05, 4.69) is 28.9 Å². The highest BCUT2D eigenvalue weighted by molar-refractivity contribution is 9.11. The van der Waals surface area contributed by atoms with Gasteiger partial charge in [-0.3, -0.25) is 0 Å². The van der Waals surface area contributed by atoms with Crippen LogP contribution in [0.25, 0.3) is 0 Å². The van der Waals surface area contributed by atoms with Gasteiger partial charge in [-0.15, -0.1) is 11.3 Å². The third-order valence-corrected chi connectivity index (χ3v) is 5.05. The van der Waals surface area contributed by atoms with E-state index in [1.807, 2.05) is 0 Å². The topological polar surface area (TPSA) is 35.2 Å². The van der Waals surface area contributed by atoms with Gasteiger partial charge in [0.25, 0.3) is 0 Å². The Bertz CT molecular complexity index is 314. The molecule has 0 aromatic carbocycles. The zero-order valence-electron chi connectivity index (χ0n) is 8.83. The van der Waals surface area contributed by atoms with Gasteiger partial charge in [-0.1, -0.05) is 0 Å². The number of rotatable bonds is 3. The molecule has 0 amide bonds. The zero-order chi connectivity index (χ0) is 10.8. The molecule has 1 saturated heterocycles. The van der Waals surface area contributed by atoms with E-state index in [-0.39, 0.29) is 6.04 Å². The lowest BCUT2D eigenvalue weighted by molar-refractivity contribution is 0.0986. The molecule has 1 aromatic heterocycles. The standard InChI is InChI=1S/C11H16BrNOS/c1-7-5-10(15-11(7)12)9(13)6-8-3-2-4-14-8/h5,8-9H,2-4,6,13H2,1H3. The van der Waals surface area contributed by atoms with Crippen molar-refractivity contribution in [2.24, 2.45) is 5.73 Å². The first-order valence-corrected chi connectivity index (χ1v) is 6.91. The van der Waals surface area contributed by atoms with Crippen LogP contribution < -0.4 is 5.73 Å². The summed E-state index contributed by atoms with van der Waals surface area (Å²) in [4.78, 5) is 1.26.